The second-order valence-corrected chi connectivity index (χ2v) is 14.6. The van der Waals surface area contributed by atoms with Gasteiger partial charge in [-0.05, 0) is 69.5 Å². The third kappa shape index (κ3) is 5.60. The Kier molecular flexibility index (Phi) is 8.63. The van der Waals surface area contributed by atoms with E-state index in [9.17, 15) is 19.6 Å². The minimum absolute atomic E-state index is 0.0136. The lowest BCUT2D eigenvalue weighted by Crippen LogP contribution is -2.57. The van der Waals surface area contributed by atoms with Crippen molar-refractivity contribution in [3.05, 3.63) is 65.9 Å². The minimum atomic E-state index is -1.04. The van der Waals surface area contributed by atoms with Crippen molar-refractivity contribution in [3.8, 4) is 35.7 Å². The van der Waals surface area contributed by atoms with Crippen LogP contribution in [0.15, 0.2) is 43.1 Å². The summed E-state index contributed by atoms with van der Waals surface area (Å²) in [6.45, 7) is 9.63. The molecule has 0 saturated carbocycles. The number of aliphatic hydroxyl groups excluding tert-OH is 1. The SMILES string of the molecule is C#Cc1c(F)ccc2cc([C@H](C)O)cc(-c3ncc4c(N5C[C@H]6CC(C)(C#N)[C@@H](C5)N6C(=O)C=C)nc(OC[C@]5(C)C[C@@H](F)CN5C)nc4c3F)c12. The number of fused-ring (bicyclic) bond motifs is 4. The number of carbonyl (C=O) groups is 1. The monoisotopic (exact) mass is 709 g/mol. The standard InChI is InChI=1S/C39H38F3N7O3/c1-7-26-29(41)10-9-22-11-23(21(3)50)12-27(32(22)26)34-33(42)35-28(15-44-34)36(46-37(45-35)52-20-39(5)13-24(40)16-47(39)6)48-17-25-14-38(4,19-43)30(18-48)49(25)31(51)8-2/h1,8-12,15,21,24-25,30,50H,2,13-14,16-18,20H2,3-6H3/t21-,24+,25+,30+,38?,39-/m0/s1. The van der Waals surface area contributed by atoms with Crippen molar-refractivity contribution >= 4 is 33.4 Å². The van der Waals surface area contributed by atoms with E-state index in [1.54, 1.807) is 24.9 Å². The first-order valence-electron chi connectivity index (χ1n) is 17.1. The number of hydrogen-bond donors (Lipinski definition) is 1. The van der Waals surface area contributed by atoms with Gasteiger partial charge in [-0.25, -0.2) is 13.2 Å². The van der Waals surface area contributed by atoms with E-state index in [1.807, 2.05) is 23.6 Å². The van der Waals surface area contributed by atoms with E-state index < -0.39 is 40.9 Å². The molecule has 268 valence electrons. The number of aliphatic hydroxyl groups is 1. The molecule has 2 aromatic heterocycles. The number of halogens is 3. The Morgan fingerprint density at radius 2 is 2.00 bits per heavy atom. The molecule has 2 aromatic carbocycles. The highest BCUT2D eigenvalue weighted by atomic mass is 19.1. The largest absolute Gasteiger partial charge is 0.461 e. The van der Waals surface area contributed by atoms with Crippen LogP contribution in [-0.2, 0) is 4.79 Å². The van der Waals surface area contributed by atoms with E-state index >= 15 is 8.78 Å². The van der Waals surface area contributed by atoms with E-state index in [-0.39, 0.29) is 89.5 Å². The first-order valence-corrected chi connectivity index (χ1v) is 17.1. The minimum Gasteiger partial charge on any atom is -0.461 e. The van der Waals surface area contributed by atoms with Crippen LogP contribution in [-0.4, -0.2) is 92.8 Å². The molecule has 0 radical (unpaired) electrons. The maximum absolute atomic E-state index is 17.2. The normalized spacial score (nSPS) is 26.4. The Balaban J connectivity index is 1.41. The lowest BCUT2D eigenvalue weighted by Gasteiger charge is -2.42. The quantitative estimate of drug-likeness (QED) is 0.197. The van der Waals surface area contributed by atoms with Crippen LogP contribution in [0.5, 0.6) is 6.01 Å². The zero-order valence-electron chi connectivity index (χ0n) is 29.3. The van der Waals surface area contributed by atoms with Crippen molar-refractivity contribution in [3.63, 3.8) is 0 Å². The fraction of sp³-hybridized carbons (Fsp3) is 0.410. The van der Waals surface area contributed by atoms with Crippen molar-refractivity contribution in [2.45, 2.75) is 63.5 Å². The molecule has 52 heavy (non-hydrogen) atoms. The molecule has 13 heteroatoms. The second-order valence-electron chi connectivity index (χ2n) is 14.6. The molecule has 1 N–H and O–H groups in total. The molecule has 3 fully saturated rings. The lowest BCUT2D eigenvalue weighted by molar-refractivity contribution is -0.129. The maximum Gasteiger partial charge on any atom is 0.319 e. The molecule has 3 aliphatic rings. The Labute approximate surface area is 299 Å². The van der Waals surface area contributed by atoms with Crippen LogP contribution in [0.25, 0.3) is 32.9 Å². The number of likely N-dealkylation sites (tertiary alicyclic amines) is 1. The summed E-state index contributed by atoms with van der Waals surface area (Å²) in [6, 6.07) is 7.29. The average Bonchev–Trinajstić information content (AvgIpc) is 3.49. The third-order valence-electron chi connectivity index (χ3n) is 11.1. The Hall–Kier alpha value is -5.24. The number of likely N-dealkylation sites (N-methyl/N-ethyl adjacent to an activating group) is 1. The number of rotatable bonds is 7. The fourth-order valence-corrected chi connectivity index (χ4v) is 8.15. The topological polar surface area (TPSA) is 119 Å². The summed E-state index contributed by atoms with van der Waals surface area (Å²) < 4.78 is 52.8. The number of hydrogen-bond acceptors (Lipinski definition) is 9. The first-order chi connectivity index (χ1) is 24.7. The molecular formula is C39H38F3N7O3. The maximum atomic E-state index is 17.2. The summed E-state index contributed by atoms with van der Waals surface area (Å²) in [5.74, 6) is 0.855. The summed E-state index contributed by atoms with van der Waals surface area (Å²) >= 11 is 0. The molecule has 2 bridgehead atoms. The van der Waals surface area contributed by atoms with Gasteiger partial charge in [-0.3, -0.25) is 14.7 Å². The molecule has 4 aromatic rings. The van der Waals surface area contributed by atoms with Crippen LogP contribution in [0, 0.1) is 40.7 Å². The van der Waals surface area contributed by atoms with Gasteiger partial charge in [0.05, 0.1) is 46.2 Å². The summed E-state index contributed by atoms with van der Waals surface area (Å²) in [5.41, 5.74) is -1.35. The van der Waals surface area contributed by atoms with Crippen molar-refractivity contribution in [2.24, 2.45) is 5.41 Å². The summed E-state index contributed by atoms with van der Waals surface area (Å²) in [6.07, 6.45) is 7.07. The van der Waals surface area contributed by atoms with Gasteiger partial charge in [-0.1, -0.05) is 18.6 Å². The van der Waals surface area contributed by atoms with E-state index in [0.29, 0.717) is 17.4 Å². The van der Waals surface area contributed by atoms with Gasteiger partial charge >= 0.3 is 6.01 Å². The molecule has 6 atom stereocenters. The zero-order valence-corrected chi connectivity index (χ0v) is 29.3. The summed E-state index contributed by atoms with van der Waals surface area (Å²) in [5, 5.41) is 21.7. The Morgan fingerprint density at radius 1 is 1.23 bits per heavy atom. The number of aromatic nitrogens is 3. The van der Waals surface area contributed by atoms with Crippen LogP contribution in [0.3, 0.4) is 0 Å². The number of benzene rings is 2. The molecule has 0 aliphatic carbocycles. The number of amides is 1. The number of carbonyl (C=O) groups excluding carboxylic acids is 1. The zero-order chi connectivity index (χ0) is 37.3. The van der Waals surface area contributed by atoms with Crippen molar-refractivity contribution in [1.29, 1.82) is 5.26 Å². The van der Waals surface area contributed by atoms with Gasteiger partial charge in [0.1, 0.15) is 35.6 Å². The van der Waals surface area contributed by atoms with Gasteiger partial charge in [-0.2, -0.15) is 15.2 Å². The number of pyridine rings is 1. The van der Waals surface area contributed by atoms with Crippen LogP contribution in [0.2, 0.25) is 0 Å². The molecule has 3 aliphatic heterocycles. The number of nitriles is 1. The molecular weight excluding hydrogens is 671 g/mol. The molecule has 7 rings (SSSR count). The van der Waals surface area contributed by atoms with Gasteiger partial charge < -0.3 is 19.6 Å². The van der Waals surface area contributed by atoms with E-state index in [1.165, 1.54) is 30.5 Å². The third-order valence-corrected chi connectivity index (χ3v) is 11.1. The van der Waals surface area contributed by atoms with Gasteiger partial charge in [0, 0.05) is 43.2 Å². The lowest BCUT2D eigenvalue weighted by atomic mass is 9.83. The summed E-state index contributed by atoms with van der Waals surface area (Å²) in [4.78, 5) is 32.2. The fourth-order valence-electron chi connectivity index (χ4n) is 8.15. The molecule has 1 amide bonds. The predicted octanol–water partition coefficient (Wildman–Crippen LogP) is 5.47. The number of piperazine rings is 1. The predicted molar refractivity (Wildman–Crippen MR) is 190 cm³/mol. The van der Waals surface area contributed by atoms with Crippen LogP contribution in [0.4, 0.5) is 19.0 Å². The van der Waals surface area contributed by atoms with Gasteiger partial charge in [0.25, 0.3) is 0 Å². The number of ether oxygens (including phenoxy) is 1. The van der Waals surface area contributed by atoms with Gasteiger partial charge in [0.15, 0.2) is 5.82 Å². The average molecular weight is 710 g/mol. The van der Waals surface area contributed by atoms with Crippen molar-refractivity contribution in [1.82, 2.24) is 24.8 Å². The van der Waals surface area contributed by atoms with Gasteiger partial charge in [0.2, 0.25) is 5.91 Å². The molecule has 5 heterocycles. The second kappa shape index (κ2) is 12.8. The number of anilines is 1. The number of terminal acetylenes is 1. The Bertz CT molecular complexity index is 2240. The smallest absolute Gasteiger partial charge is 0.319 e. The highest BCUT2D eigenvalue weighted by Gasteiger charge is 2.55. The number of alkyl halides is 1. The first kappa shape index (κ1) is 35.2. The van der Waals surface area contributed by atoms with Crippen molar-refractivity contribution < 1.29 is 27.8 Å². The number of nitrogens with zero attached hydrogens (tertiary/aromatic N) is 7. The van der Waals surface area contributed by atoms with E-state index in [4.69, 9.17) is 16.1 Å². The molecule has 0 spiro atoms. The molecule has 1 unspecified atom stereocenters. The van der Waals surface area contributed by atoms with Crippen LogP contribution >= 0.6 is 0 Å². The van der Waals surface area contributed by atoms with E-state index in [2.05, 4.69) is 28.5 Å². The van der Waals surface area contributed by atoms with E-state index in [0.717, 1.165) is 0 Å². The Morgan fingerprint density at radius 3 is 2.65 bits per heavy atom. The van der Waals surface area contributed by atoms with Gasteiger partial charge in [-0.15, -0.1) is 6.42 Å². The van der Waals surface area contributed by atoms with Crippen molar-refractivity contribution in [2.75, 3.05) is 38.2 Å². The molecule has 10 nitrogen and oxygen atoms in total. The molecule has 3 saturated heterocycles. The highest BCUT2D eigenvalue weighted by Crippen LogP contribution is 2.46. The van der Waals surface area contributed by atoms with Crippen LogP contribution < -0.4 is 9.64 Å². The highest BCUT2D eigenvalue weighted by molar-refractivity contribution is 6.02. The summed E-state index contributed by atoms with van der Waals surface area (Å²) in [7, 11) is 1.80. The van der Waals surface area contributed by atoms with Crippen LogP contribution in [0.1, 0.15) is 50.8 Å².